The highest BCUT2D eigenvalue weighted by Gasteiger charge is 2.21. The first-order valence-electron chi connectivity index (χ1n) is 10.2. The van der Waals surface area contributed by atoms with Crippen molar-refractivity contribution in [3.05, 3.63) is 60.3 Å². The lowest BCUT2D eigenvalue weighted by Crippen LogP contribution is -2.48. The van der Waals surface area contributed by atoms with Gasteiger partial charge in [0.2, 0.25) is 0 Å². The lowest BCUT2D eigenvalue weighted by atomic mass is 10.1. The van der Waals surface area contributed by atoms with Crippen LogP contribution in [-0.2, 0) is 4.79 Å². The molecule has 0 aliphatic carbocycles. The molecule has 0 unspecified atom stereocenters. The van der Waals surface area contributed by atoms with Crippen molar-refractivity contribution >= 4 is 28.3 Å². The van der Waals surface area contributed by atoms with E-state index < -0.39 is 11.7 Å². The van der Waals surface area contributed by atoms with Crippen LogP contribution in [0.15, 0.2) is 54.7 Å². The molecule has 7 nitrogen and oxygen atoms in total. The zero-order valence-corrected chi connectivity index (χ0v) is 17.1. The van der Waals surface area contributed by atoms with Crippen LogP contribution in [0.2, 0.25) is 0 Å². The molecule has 3 aromatic rings. The molecule has 2 heterocycles. The van der Waals surface area contributed by atoms with Crippen molar-refractivity contribution in [2.45, 2.75) is 0 Å². The molecule has 1 aliphatic rings. The summed E-state index contributed by atoms with van der Waals surface area (Å²) >= 11 is 0. The molecule has 1 saturated heterocycles. The number of hydrogen-bond donors (Lipinski definition) is 2. The number of amides is 1. The molecule has 7 heteroatoms. The normalized spacial score (nSPS) is 14.6. The Hall–Kier alpha value is -3.32. The van der Waals surface area contributed by atoms with Gasteiger partial charge in [-0.2, -0.15) is 0 Å². The van der Waals surface area contributed by atoms with Gasteiger partial charge in [-0.15, -0.1) is 0 Å². The third-order valence-corrected chi connectivity index (χ3v) is 5.56. The van der Waals surface area contributed by atoms with E-state index in [0.29, 0.717) is 12.1 Å². The van der Waals surface area contributed by atoms with Gasteiger partial charge in [0.1, 0.15) is 5.75 Å². The number of aromatic nitrogens is 1. The standard InChI is InChI=1S/C23H26N4O3/c1-30-18-8-6-17(7-9-18)27-14-12-26(13-15-27)11-10-24-23(29)22(28)20-16-25-21-5-3-2-4-19(20)21/h2-9,16,25H,10-15H2,1H3,(H,24,29). The van der Waals surface area contributed by atoms with Crippen molar-refractivity contribution in [1.82, 2.24) is 15.2 Å². The molecule has 2 aromatic carbocycles. The number of piperazine rings is 1. The van der Waals surface area contributed by atoms with E-state index >= 15 is 0 Å². The number of fused-ring (bicyclic) bond motifs is 1. The molecule has 0 radical (unpaired) electrons. The Morgan fingerprint density at radius 1 is 1.03 bits per heavy atom. The smallest absolute Gasteiger partial charge is 0.292 e. The monoisotopic (exact) mass is 406 g/mol. The van der Waals surface area contributed by atoms with Gasteiger partial charge in [0, 0.05) is 62.1 Å². The van der Waals surface area contributed by atoms with Crippen LogP contribution in [0.3, 0.4) is 0 Å². The maximum absolute atomic E-state index is 12.5. The van der Waals surface area contributed by atoms with Gasteiger partial charge in [-0.05, 0) is 30.3 Å². The molecule has 1 fully saturated rings. The summed E-state index contributed by atoms with van der Waals surface area (Å²) in [5.41, 5.74) is 2.45. The van der Waals surface area contributed by atoms with Crippen LogP contribution in [0.4, 0.5) is 5.69 Å². The summed E-state index contributed by atoms with van der Waals surface area (Å²) in [5.74, 6) is -0.205. The molecule has 30 heavy (non-hydrogen) atoms. The fourth-order valence-corrected chi connectivity index (χ4v) is 3.81. The number of carbonyl (C=O) groups is 2. The third kappa shape index (κ3) is 4.31. The van der Waals surface area contributed by atoms with E-state index in [1.807, 2.05) is 36.4 Å². The van der Waals surface area contributed by atoms with Gasteiger partial charge in [0.25, 0.3) is 11.7 Å². The number of para-hydroxylation sites is 1. The van der Waals surface area contributed by atoms with Crippen molar-refractivity contribution < 1.29 is 14.3 Å². The molecule has 1 aromatic heterocycles. The molecule has 0 spiro atoms. The Morgan fingerprint density at radius 2 is 1.77 bits per heavy atom. The highest BCUT2D eigenvalue weighted by Crippen LogP contribution is 2.20. The molecular weight excluding hydrogens is 380 g/mol. The van der Waals surface area contributed by atoms with E-state index in [1.54, 1.807) is 13.3 Å². The molecule has 0 bridgehead atoms. The SMILES string of the molecule is COc1ccc(N2CCN(CCNC(=O)C(=O)c3c[nH]c4ccccc34)CC2)cc1. The number of rotatable bonds is 7. The van der Waals surface area contributed by atoms with Crippen molar-refractivity contribution in [2.24, 2.45) is 0 Å². The Kier molecular flexibility index (Phi) is 5.99. The summed E-state index contributed by atoms with van der Waals surface area (Å²) in [6.07, 6.45) is 1.60. The summed E-state index contributed by atoms with van der Waals surface area (Å²) < 4.78 is 5.21. The minimum absolute atomic E-state index is 0.413. The number of carbonyl (C=O) groups excluding carboxylic acids is 2. The summed E-state index contributed by atoms with van der Waals surface area (Å²) in [6, 6.07) is 15.6. The average Bonchev–Trinajstić information content (AvgIpc) is 3.23. The number of ketones is 1. The number of methoxy groups -OCH3 is 1. The maximum Gasteiger partial charge on any atom is 0.292 e. The predicted molar refractivity (Wildman–Crippen MR) is 117 cm³/mol. The second-order valence-corrected chi connectivity index (χ2v) is 7.36. The fourth-order valence-electron chi connectivity index (χ4n) is 3.81. The number of benzene rings is 2. The predicted octanol–water partition coefficient (Wildman–Crippen LogP) is 2.30. The minimum atomic E-state index is -0.559. The molecule has 0 atom stereocenters. The third-order valence-electron chi connectivity index (χ3n) is 5.56. The first kappa shape index (κ1) is 20.0. The highest BCUT2D eigenvalue weighted by molar-refractivity contribution is 6.44. The number of H-pyrrole nitrogens is 1. The van der Waals surface area contributed by atoms with E-state index in [0.717, 1.165) is 49.4 Å². The van der Waals surface area contributed by atoms with Gasteiger partial charge in [0.15, 0.2) is 0 Å². The number of ether oxygens (including phenoxy) is 1. The Bertz CT molecular complexity index is 1020. The van der Waals surface area contributed by atoms with E-state index in [2.05, 4.69) is 32.2 Å². The first-order valence-corrected chi connectivity index (χ1v) is 10.2. The van der Waals surface area contributed by atoms with Gasteiger partial charge < -0.3 is 19.9 Å². The summed E-state index contributed by atoms with van der Waals surface area (Å²) in [7, 11) is 1.67. The van der Waals surface area contributed by atoms with E-state index in [4.69, 9.17) is 4.74 Å². The van der Waals surface area contributed by atoms with Crippen LogP contribution in [0, 0.1) is 0 Å². The summed E-state index contributed by atoms with van der Waals surface area (Å²) in [5, 5.41) is 3.54. The van der Waals surface area contributed by atoms with Crippen LogP contribution in [-0.4, -0.2) is 68.0 Å². The van der Waals surface area contributed by atoms with Crippen LogP contribution in [0.1, 0.15) is 10.4 Å². The summed E-state index contributed by atoms with van der Waals surface area (Å²) in [6.45, 7) is 4.86. The number of aromatic amines is 1. The van der Waals surface area contributed by atoms with Crippen molar-refractivity contribution in [2.75, 3.05) is 51.3 Å². The highest BCUT2D eigenvalue weighted by atomic mass is 16.5. The number of nitrogens with zero attached hydrogens (tertiary/aromatic N) is 2. The van der Waals surface area contributed by atoms with Gasteiger partial charge in [-0.3, -0.25) is 14.5 Å². The average molecular weight is 406 g/mol. The quantitative estimate of drug-likeness (QED) is 0.465. The molecule has 2 N–H and O–H groups in total. The van der Waals surface area contributed by atoms with E-state index in [1.165, 1.54) is 5.69 Å². The van der Waals surface area contributed by atoms with E-state index in [9.17, 15) is 9.59 Å². The number of anilines is 1. The Labute approximate surface area is 175 Å². The molecule has 1 amide bonds. The molecular formula is C23H26N4O3. The lowest BCUT2D eigenvalue weighted by Gasteiger charge is -2.36. The zero-order chi connectivity index (χ0) is 20.9. The van der Waals surface area contributed by atoms with Gasteiger partial charge >= 0.3 is 0 Å². The Morgan fingerprint density at radius 3 is 2.50 bits per heavy atom. The maximum atomic E-state index is 12.5. The van der Waals surface area contributed by atoms with Crippen LogP contribution in [0.25, 0.3) is 10.9 Å². The van der Waals surface area contributed by atoms with Crippen LogP contribution < -0.4 is 15.0 Å². The van der Waals surface area contributed by atoms with Gasteiger partial charge in [0.05, 0.1) is 12.7 Å². The minimum Gasteiger partial charge on any atom is -0.497 e. The van der Waals surface area contributed by atoms with Crippen LogP contribution >= 0.6 is 0 Å². The molecule has 156 valence electrons. The second kappa shape index (κ2) is 9.00. The Balaban J connectivity index is 1.23. The molecule has 4 rings (SSSR count). The van der Waals surface area contributed by atoms with E-state index in [-0.39, 0.29) is 0 Å². The topological polar surface area (TPSA) is 77.7 Å². The van der Waals surface area contributed by atoms with Crippen LogP contribution in [0.5, 0.6) is 5.75 Å². The largest absolute Gasteiger partial charge is 0.497 e. The number of Topliss-reactive ketones (excluding diaryl/α,β-unsaturated/α-hetero) is 1. The molecule has 0 saturated carbocycles. The number of hydrogen-bond acceptors (Lipinski definition) is 5. The van der Waals surface area contributed by atoms with Gasteiger partial charge in [-0.25, -0.2) is 0 Å². The zero-order valence-electron chi connectivity index (χ0n) is 17.1. The van der Waals surface area contributed by atoms with Crippen molar-refractivity contribution in [3.8, 4) is 5.75 Å². The summed E-state index contributed by atoms with van der Waals surface area (Å²) in [4.78, 5) is 32.5. The lowest BCUT2D eigenvalue weighted by molar-refractivity contribution is -0.117. The first-order chi connectivity index (χ1) is 14.7. The van der Waals surface area contributed by atoms with Gasteiger partial charge in [-0.1, -0.05) is 18.2 Å². The fraction of sp³-hybridized carbons (Fsp3) is 0.304. The van der Waals surface area contributed by atoms with Crippen molar-refractivity contribution in [3.63, 3.8) is 0 Å². The number of nitrogens with one attached hydrogen (secondary N) is 2. The van der Waals surface area contributed by atoms with Crippen molar-refractivity contribution in [1.29, 1.82) is 0 Å². The second-order valence-electron chi connectivity index (χ2n) is 7.36. The molecule has 1 aliphatic heterocycles.